The number of halogens is 1. The van der Waals surface area contributed by atoms with Crippen molar-refractivity contribution in [1.82, 2.24) is 0 Å². The summed E-state index contributed by atoms with van der Waals surface area (Å²) in [6.45, 7) is 5.76. The van der Waals surface area contributed by atoms with Gasteiger partial charge in [-0.05, 0) is 6.92 Å². The van der Waals surface area contributed by atoms with Crippen LogP contribution < -0.4 is 0 Å². The second-order valence-electron chi connectivity index (χ2n) is 1.28. The van der Waals surface area contributed by atoms with Gasteiger partial charge in [-0.2, -0.15) is 0 Å². The molecule has 0 radical (unpaired) electrons. The highest BCUT2D eigenvalue weighted by Gasteiger charge is 1.90. The van der Waals surface area contributed by atoms with Gasteiger partial charge in [0.15, 0.2) is 0 Å². The van der Waals surface area contributed by atoms with Gasteiger partial charge in [-0.1, -0.05) is 6.58 Å². The van der Waals surface area contributed by atoms with E-state index in [2.05, 4.69) is 6.58 Å². The standard InChI is InChI=1S/C5H9ClO/c1-3-7-4-5(2)6/h3,5H,1,4H2,2H3. The Morgan fingerprint density at radius 1 is 2.00 bits per heavy atom. The molecule has 1 unspecified atom stereocenters. The lowest BCUT2D eigenvalue weighted by atomic mass is 10.5. The van der Waals surface area contributed by atoms with E-state index in [9.17, 15) is 0 Å². The van der Waals surface area contributed by atoms with E-state index < -0.39 is 0 Å². The third-order valence-corrected chi connectivity index (χ3v) is 0.570. The van der Waals surface area contributed by atoms with Gasteiger partial charge in [-0.25, -0.2) is 0 Å². The highest BCUT2D eigenvalue weighted by Crippen LogP contribution is 1.92. The molecule has 0 aliphatic heterocycles. The average Bonchev–Trinajstić information content (AvgIpc) is 1.61. The zero-order valence-electron chi connectivity index (χ0n) is 4.36. The van der Waals surface area contributed by atoms with E-state index in [0.29, 0.717) is 6.61 Å². The highest BCUT2D eigenvalue weighted by molar-refractivity contribution is 6.20. The normalized spacial score (nSPS) is 12.9. The van der Waals surface area contributed by atoms with Crippen molar-refractivity contribution in [3.63, 3.8) is 0 Å². The maximum absolute atomic E-state index is 5.48. The van der Waals surface area contributed by atoms with Crippen LogP contribution in [0.5, 0.6) is 0 Å². The SMILES string of the molecule is C=COCC(C)Cl. The molecule has 0 spiro atoms. The van der Waals surface area contributed by atoms with Crippen LogP contribution in [0.3, 0.4) is 0 Å². The van der Waals surface area contributed by atoms with Crippen LogP contribution >= 0.6 is 11.6 Å². The Labute approximate surface area is 48.9 Å². The summed E-state index contributed by atoms with van der Waals surface area (Å²) in [6.07, 6.45) is 1.39. The number of rotatable bonds is 3. The summed E-state index contributed by atoms with van der Waals surface area (Å²) in [5.41, 5.74) is 0. The van der Waals surface area contributed by atoms with Crippen molar-refractivity contribution in [2.45, 2.75) is 12.3 Å². The first-order valence-electron chi connectivity index (χ1n) is 2.14. The van der Waals surface area contributed by atoms with Crippen molar-refractivity contribution in [3.8, 4) is 0 Å². The number of hydrogen-bond acceptors (Lipinski definition) is 1. The topological polar surface area (TPSA) is 9.23 Å². The second kappa shape index (κ2) is 4.00. The van der Waals surface area contributed by atoms with Gasteiger partial charge in [-0.3, -0.25) is 0 Å². The second-order valence-corrected chi connectivity index (χ2v) is 2.03. The molecule has 0 amide bonds. The number of ether oxygens (including phenoxy) is 1. The van der Waals surface area contributed by atoms with Gasteiger partial charge in [0, 0.05) is 0 Å². The maximum atomic E-state index is 5.48. The minimum absolute atomic E-state index is 0.0815. The van der Waals surface area contributed by atoms with Crippen molar-refractivity contribution in [2.75, 3.05) is 6.61 Å². The van der Waals surface area contributed by atoms with Gasteiger partial charge in [0.25, 0.3) is 0 Å². The highest BCUT2D eigenvalue weighted by atomic mass is 35.5. The Kier molecular flexibility index (Phi) is 3.90. The van der Waals surface area contributed by atoms with Gasteiger partial charge in [0.2, 0.25) is 0 Å². The average molecular weight is 121 g/mol. The first-order valence-corrected chi connectivity index (χ1v) is 2.57. The van der Waals surface area contributed by atoms with E-state index in [1.165, 1.54) is 6.26 Å². The fourth-order valence-electron chi connectivity index (χ4n) is 0.201. The summed E-state index contributed by atoms with van der Waals surface area (Å²) in [4.78, 5) is 0. The Morgan fingerprint density at radius 2 is 2.57 bits per heavy atom. The molecule has 0 heterocycles. The molecule has 2 heteroatoms. The lowest BCUT2D eigenvalue weighted by Gasteiger charge is -1.98. The molecule has 0 bridgehead atoms. The molecule has 0 aromatic heterocycles. The van der Waals surface area contributed by atoms with Gasteiger partial charge in [0.05, 0.1) is 11.6 Å². The summed E-state index contributed by atoms with van der Waals surface area (Å²) < 4.78 is 4.73. The molecule has 0 aromatic carbocycles. The molecule has 0 aliphatic carbocycles. The van der Waals surface area contributed by atoms with Crippen molar-refractivity contribution in [2.24, 2.45) is 0 Å². The van der Waals surface area contributed by atoms with Crippen LogP contribution in [-0.2, 0) is 4.74 Å². The molecule has 0 rings (SSSR count). The lowest BCUT2D eigenvalue weighted by molar-refractivity contribution is 0.254. The Bertz CT molecular complexity index is 52.0. The lowest BCUT2D eigenvalue weighted by Crippen LogP contribution is -1.99. The molecule has 0 fully saturated rings. The van der Waals surface area contributed by atoms with Gasteiger partial charge >= 0.3 is 0 Å². The van der Waals surface area contributed by atoms with E-state index in [1.807, 2.05) is 6.92 Å². The summed E-state index contributed by atoms with van der Waals surface area (Å²) in [5.74, 6) is 0. The Hall–Kier alpha value is -0.170. The third kappa shape index (κ3) is 5.83. The largest absolute Gasteiger partial charge is 0.500 e. The first-order chi connectivity index (χ1) is 3.27. The van der Waals surface area contributed by atoms with E-state index in [0.717, 1.165) is 0 Å². The molecule has 0 aliphatic rings. The van der Waals surface area contributed by atoms with Crippen molar-refractivity contribution < 1.29 is 4.74 Å². The smallest absolute Gasteiger partial charge is 0.103 e. The predicted octanol–water partition coefficient (Wildman–Crippen LogP) is 1.77. The number of hydrogen-bond donors (Lipinski definition) is 0. The molecule has 0 N–H and O–H groups in total. The van der Waals surface area contributed by atoms with Gasteiger partial charge in [-0.15, -0.1) is 11.6 Å². The van der Waals surface area contributed by atoms with Crippen LogP contribution in [0.4, 0.5) is 0 Å². The van der Waals surface area contributed by atoms with Crippen LogP contribution in [0.25, 0.3) is 0 Å². The van der Waals surface area contributed by atoms with Crippen LogP contribution in [-0.4, -0.2) is 12.0 Å². The van der Waals surface area contributed by atoms with E-state index >= 15 is 0 Å². The van der Waals surface area contributed by atoms with Crippen LogP contribution in [0, 0.1) is 0 Å². The third-order valence-electron chi connectivity index (χ3n) is 0.444. The molecule has 0 saturated heterocycles. The van der Waals surface area contributed by atoms with Crippen molar-refractivity contribution in [1.29, 1.82) is 0 Å². The van der Waals surface area contributed by atoms with Crippen molar-refractivity contribution >= 4 is 11.6 Å². The molecular weight excluding hydrogens is 112 g/mol. The predicted molar refractivity (Wildman–Crippen MR) is 31.5 cm³/mol. The molecule has 0 saturated carbocycles. The van der Waals surface area contributed by atoms with Gasteiger partial charge in [0.1, 0.15) is 6.61 Å². The molecular formula is C5H9ClO. The number of alkyl halides is 1. The van der Waals surface area contributed by atoms with Crippen LogP contribution in [0.15, 0.2) is 12.8 Å². The van der Waals surface area contributed by atoms with Crippen LogP contribution in [0.1, 0.15) is 6.92 Å². The van der Waals surface area contributed by atoms with Gasteiger partial charge < -0.3 is 4.74 Å². The molecule has 0 aromatic rings. The van der Waals surface area contributed by atoms with Crippen molar-refractivity contribution in [3.05, 3.63) is 12.8 Å². The van der Waals surface area contributed by atoms with E-state index in [1.54, 1.807) is 0 Å². The van der Waals surface area contributed by atoms with Crippen LogP contribution in [0.2, 0.25) is 0 Å². The Balaban J connectivity index is 2.81. The van der Waals surface area contributed by atoms with E-state index in [4.69, 9.17) is 16.3 Å². The quantitative estimate of drug-likeness (QED) is 0.408. The molecule has 42 valence electrons. The maximum Gasteiger partial charge on any atom is 0.103 e. The molecule has 1 nitrogen and oxygen atoms in total. The molecule has 7 heavy (non-hydrogen) atoms. The monoisotopic (exact) mass is 120 g/mol. The fourth-order valence-corrected chi connectivity index (χ4v) is 0.273. The summed E-state index contributed by atoms with van der Waals surface area (Å²) in [5, 5.41) is 0.0815. The minimum atomic E-state index is 0.0815. The minimum Gasteiger partial charge on any atom is -0.500 e. The van der Waals surface area contributed by atoms with E-state index in [-0.39, 0.29) is 5.38 Å². The summed E-state index contributed by atoms with van der Waals surface area (Å²) in [7, 11) is 0. The zero-order valence-corrected chi connectivity index (χ0v) is 5.11. The molecule has 1 atom stereocenters. The fraction of sp³-hybridized carbons (Fsp3) is 0.600. The summed E-state index contributed by atoms with van der Waals surface area (Å²) in [6, 6.07) is 0. The Morgan fingerprint density at radius 3 is 2.71 bits per heavy atom. The first kappa shape index (κ1) is 6.83. The summed E-state index contributed by atoms with van der Waals surface area (Å²) >= 11 is 5.48. The zero-order chi connectivity index (χ0) is 5.70.